The van der Waals surface area contributed by atoms with Crippen molar-refractivity contribution in [1.29, 1.82) is 0 Å². The van der Waals surface area contributed by atoms with Crippen molar-refractivity contribution in [3.63, 3.8) is 0 Å². The second-order valence-electron chi connectivity index (χ2n) is 4.55. The lowest BCUT2D eigenvalue weighted by Gasteiger charge is -2.02. The quantitative estimate of drug-likeness (QED) is 0.487. The van der Waals surface area contributed by atoms with Gasteiger partial charge < -0.3 is 0 Å². The van der Waals surface area contributed by atoms with Crippen LogP contribution in [0.15, 0.2) is 53.6 Å². The van der Waals surface area contributed by atoms with Gasteiger partial charge in [0.1, 0.15) is 0 Å². The van der Waals surface area contributed by atoms with Gasteiger partial charge in [0, 0.05) is 23.4 Å². The summed E-state index contributed by atoms with van der Waals surface area (Å²) in [6, 6.07) is 10.5. The molecule has 0 heterocycles. The Morgan fingerprint density at radius 2 is 1.88 bits per heavy atom. The standard InChI is InChI=1S/C16H11Cl2N3O3/c17-12-5-8-14(15(18)10-12)16(22)20-19-9-1-2-11-3-6-13(7-4-11)21(23)24/h1-10H,(H,20,22)/b2-1+,19-9-. The maximum absolute atomic E-state index is 11.9. The van der Waals surface area contributed by atoms with Crippen molar-refractivity contribution in [3.05, 3.63) is 79.8 Å². The number of hydrogen-bond acceptors (Lipinski definition) is 4. The van der Waals surface area contributed by atoms with Crippen LogP contribution in [0.25, 0.3) is 6.08 Å². The van der Waals surface area contributed by atoms with E-state index in [1.165, 1.54) is 30.5 Å². The van der Waals surface area contributed by atoms with Gasteiger partial charge >= 0.3 is 0 Å². The number of nitro benzene ring substituents is 1. The summed E-state index contributed by atoms with van der Waals surface area (Å²) in [5.41, 5.74) is 3.38. The van der Waals surface area contributed by atoms with Crippen molar-refractivity contribution in [3.8, 4) is 0 Å². The Labute approximate surface area is 147 Å². The maximum atomic E-state index is 11.9. The Balaban J connectivity index is 1.92. The SMILES string of the molecule is O=C(N/N=C\C=C\c1ccc([N+](=O)[O-])cc1)c1ccc(Cl)cc1Cl. The first kappa shape index (κ1) is 17.7. The molecule has 2 aromatic rings. The van der Waals surface area contributed by atoms with Crippen molar-refractivity contribution in [1.82, 2.24) is 5.43 Å². The lowest BCUT2D eigenvalue weighted by Crippen LogP contribution is -2.17. The molecule has 8 heteroatoms. The number of hydrazone groups is 1. The number of rotatable bonds is 5. The molecular formula is C16H11Cl2N3O3. The Bertz CT molecular complexity index is 818. The molecule has 0 radical (unpaired) electrons. The van der Waals surface area contributed by atoms with Crippen LogP contribution in [0, 0.1) is 10.1 Å². The summed E-state index contributed by atoms with van der Waals surface area (Å²) in [5.74, 6) is -0.461. The third-order valence-electron chi connectivity index (χ3n) is 2.90. The highest BCUT2D eigenvalue weighted by Crippen LogP contribution is 2.20. The van der Waals surface area contributed by atoms with Gasteiger partial charge in [0.05, 0.1) is 15.5 Å². The average Bonchev–Trinajstić information content (AvgIpc) is 2.54. The molecule has 0 aromatic heterocycles. The number of carbonyl (C=O) groups excluding carboxylic acids is 1. The largest absolute Gasteiger partial charge is 0.272 e. The van der Waals surface area contributed by atoms with Crippen LogP contribution in [0.4, 0.5) is 5.69 Å². The molecule has 0 aliphatic carbocycles. The van der Waals surface area contributed by atoms with E-state index in [0.29, 0.717) is 5.02 Å². The van der Waals surface area contributed by atoms with Crippen LogP contribution in [-0.4, -0.2) is 17.0 Å². The number of nitrogens with zero attached hydrogens (tertiary/aromatic N) is 2. The van der Waals surface area contributed by atoms with Crippen molar-refractivity contribution < 1.29 is 9.72 Å². The predicted molar refractivity (Wildman–Crippen MR) is 94.6 cm³/mol. The maximum Gasteiger partial charge on any atom is 0.272 e. The number of nitro groups is 1. The Hall–Kier alpha value is -2.70. The second kappa shape index (κ2) is 8.24. The van der Waals surface area contributed by atoms with Crippen LogP contribution in [0.1, 0.15) is 15.9 Å². The zero-order valence-electron chi connectivity index (χ0n) is 12.1. The van der Waals surface area contributed by atoms with Crippen molar-refractivity contribution in [2.45, 2.75) is 0 Å². The van der Waals surface area contributed by atoms with Crippen LogP contribution >= 0.6 is 23.2 Å². The molecule has 0 saturated carbocycles. The highest BCUT2D eigenvalue weighted by molar-refractivity contribution is 6.36. The molecule has 122 valence electrons. The molecule has 1 amide bonds. The lowest BCUT2D eigenvalue weighted by molar-refractivity contribution is -0.384. The fourth-order valence-corrected chi connectivity index (χ4v) is 2.23. The first-order valence-corrected chi connectivity index (χ1v) is 7.42. The fraction of sp³-hybridized carbons (Fsp3) is 0. The highest BCUT2D eigenvalue weighted by atomic mass is 35.5. The third-order valence-corrected chi connectivity index (χ3v) is 3.44. The lowest BCUT2D eigenvalue weighted by atomic mass is 10.2. The number of benzene rings is 2. The van der Waals surface area contributed by atoms with Crippen LogP contribution < -0.4 is 5.43 Å². The van der Waals surface area contributed by atoms with Crippen LogP contribution in [0.3, 0.4) is 0 Å². The topological polar surface area (TPSA) is 84.6 Å². The van der Waals surface area contributed by atoms with Gasteiger partial charge in [0.15, 0.2) is 0 Å². The zero-order valence-corrected chi connectivity index (χ0v) is 13.7. The summed E-state index contributed by atoms with van der Waals surface area (Å²) >= 11 is 11.7. The molecule has 0 aliphatic heterocycles. The van der Waals surface area contributed by atoms with E-state index in [4.69, 9.17) is 23.2 Å². The van der Waals surface area contributed by atoms with Gasteiger partial charge in [-0.3, -0.25) is 14.9 Å². The molecule has 24 heavy (non-hydrogen) atoms. The number of non-ortho nitro benzene ring substituents is 1. The van der Waals surface area contributed by atoms with E-state index < -0.39 is 10.8 Å². The summed E-state index contributed by atoms with van der Waals surface area (Å²) in [6.07, 6.45) is 4.66. The van der Waals surface area contributed by atoms with Gasteiger partial charge in [-0.2, -0.15) is 5.10 Å². The molecular weight excluding hydrogens is 353 g/mol. The van der Waals surface area contributed by atoms with Crippen molar-refractivity contribution >= 4 is 47.1 Å². The first-order valence-electron chi connectivity index (χ1n) is 6.67. The molecule has 0 atom stereocenters. The van der Waals surface area contributed by atoms with Gasteiger partial charge in [-0.1, -0.05) is 29.3 Å². The van der Waals surface area contributed by atoms with E-state index in [9.17, 15) is 14.9 Å². The van der Waals surface area contributed by atoms with Gasteiger partial charge in [-0.05, 0) is 42.0 Å². The summed E-state index contributed by atoms with van der Waals surface area (Å²) in [5, 5.41) is 15.0. The minimum absolute atomic E-state index is 0.0212. The summed E-state index contributed by atoms with van der Waals surface area (Å²) in [6.45, 7) is 0. The van der Waals surface area contributed by atoms with E-state index in [-0.39, 0.29) is 16.3 Å². The van der Waals surface area contributed by atoms with Gasteiger partial charge in [0.2, 0.25) is 0 Å². The molecule has 0 aliphatic rings. The predicted octanol–water partition coefficient (Wildman–Crippen LogP) is 4.33. The van der Waals surface area contributed by atoms with E-state index in [1.807, 2.05) is 0 Å². The number of allylic oxidation sites excluding steroid dienone is 1. The Morgan fingerprint density at radius 3 is 2.50 bits per heavy atom. The van der Waals surface area contributed by atoms with Gasteiger partial charge in [-0.15, -0.1) is 0 Å². The Kier molecular flexibility index (Phi) is 6.06. The van der Waals surface area contributed by atoms with Crippen molar-refractivity contribution in [2.24, 2.45) is 5.10 Å². The molecule has 2 aromatic carbocycles. The molecule has 0 saturated heterocycles. The number of carbonyl (C=O) groups is 1. The second-order valence-corrected chi connectivity index (χ2v) is 5.39. The monoisotopic (exact) mass is 363 g/mol. The van der Waals surface area contributed by atoms with E-state index in [0.717, 1.165) is 5.56 Å². The van der Waals surface area contributed by atoms with E-state index in [2.05, 4.69) is 10.5 Å². The smallest absolute Gasteiger partial charge is 0.267 e. The fourth-order valence-electron chi connectivity index (χ4n) is 1.73. The normalized spacial score (nSPS) is 11.1. The Morgan fingerprint density at radius 1 is 1.17 bits per heavy atom. The van der Waals surface area contributed by atoms with Gasteiger partial charge in [-0.25, -0.2) is 5.43 Å². The van der Waals surface area contributed by atoms with Gasteiger partial charge in [0.25, 0.3) is 11.6 Å². The average molecular weight is 364 g/mol. The van der Waals surface area contributed by atoms with Crippen molar-refractivity contribution in [2.75, 3.05) is 0 Å². The number of amides is 1. The molecule has 0 unspecified atom stereocenters. The van der Waals surface area contributed by atoms with E-state index in [1.54, 1.807) is 30.4 Å². The third kappa shape index (κ3) is 4.91. The minimum atomic E-state index is -0.466. The highest BCUT2D eigenvalue weighted by Gasteiger charge is 2.09. The summed E-state index contributed by atoms with van der Waals surface area (Å²) in [7, 11) is 0. The molecule has 0 fully saturated rings. The molecule has 6 nitrogen and oxygen atoms in total. The number of nitrogens with one attached hydrogen (secondary N) is 1. The summed E-state index contributed by atoms with van der Waals surface area (Å²) < 4.78 is 0. The minimum Gasteiger partial charge on any atom is -0.267 e. The molecule has 0 bridgehead atoms. The number of halogens is 2. The van der Waals surface area contributed by atoms with E-state index >= 15 is 0 Å². The summed E-state index contributed by atoms with van der Waals surface area (Å²) in [4.78, 5) is 21.9. The van der Waals surface area contributed by atoms with Crippen LogP contribution in [0.2, 0.25) is 10.0 Å². The van der Waals surface area contributed by atoms with Crippen LogP contribution in [-0.2, 0) is 0 Å². The van der Waals surface area contributed by atoms with Crippen LogP contribution in [0.5, 0.6) is 0 Å². The molecule has 1 N–H and O–H groups in total. The molecule has 2 rings (SSSR count). The molecule has 0 spiro atoms. The first-order chi connectivity index (χ1) is 11.5. The number of hydrogen-bond donors (Lipinski definition) is 1. The zero-order chi connectivity index (χ0) is 17.5.